The van der Waals surface area contributed by atoms with Crippen LogP contribution in [0.4, 0.5) is 16.2 Å². The molecule has 0 aliphatic carbocycles. The highest BCUT2D eigenvalue weighted by molar-refractivity contribution is 6.44. The average Bonchev–Trinajstić information content (AvgIpc) is 3.13. The zero-order chi connectivity index (χ0) is 28.2. The minimum Gasteiger partial charge on any atom is -0.444 e. The number of aromatic amines is 1. The lowest BCUT2D eigenvalue weighted by molar-refractivity contribution is -0.120. The maximum atomic E-state index is 13.0. The topological polar surface area (TPSA) is 162 Å². The van der Waals surface area contributed by atoms with Crippen molar-refractivity contribution in [3.8, 4) is 0 Å². The van der Waals surface area contributed by atoms with Gasteiger partial charge in [-0.15, -0.1) is 0 Å². The summed E-state index contributed by atoms with van der Waals surface area (Å²) in [6.07, 6.45) is -0.411. The molecule has 2 aromatic rings. The fourth-order valence-corrected chi connectivity index (χ4v) is 4.14. The average molecular weight is 568 g/mol. The summed E-state index contributed by atoms with van der Waals surface area (Å²) in [4.78, 5) is 56.0. The molecule has 1 aromatic heterocycles. The molecular formula is C24H31Cl2N7O5. The number of aromatic nitrogens is 1. The lowest BCUT2D eigenvalue weighted by Gasteiger charge is -2.37. The Labute approximate surface area is 230 Å². The first-order chi connectivity index (χ1) is 17.8. The Kier molecular flexibility index (Phi) is 9.13. The molecule has 2 heterocycles. The van der Waals surface area contributed by atoms with Crippen LogP contribution in [0.5, 0.6) is 0 Å². The van der Waals surface area contributed by atoms with Gasteiger partial charge in [0, 0.05) is 37.4 Å². The van der Waals surface area contributed by atoms with Crippen LogP contribution in [-0.4, -0.2) is 72.0 Å². The number of hydrazine groups is 1. The van der Waals surface area contributed by atoms with Crippen molar-refractivity contribution in [1.29, 1.82) is 0 Å². The van der Waals surface area contributed by atoms with E-state index in [2.05, 4.69) is 15.6 Å². The SMILES string of the molecule is Cc1[nH]c(C(=O)Nc2ccc(C(=O)NCC(=O)NN)cc2N2CCN(C(=O)OC(C)(C)C)CC2)c(Cl)c1Cl. The number of H-pyrrole nitrogens is 1. The van der Waals surface area contributed by atoms with E-state index in [9.17, 15) is 19.2 Å². The third-order valence-electron chi connectivity index (χ3n) is 5.63. The summed E-state index contributed by atoms with van der Waals surface area (Å²) >= 11 is 12.3. The predicted octanol–water partition coefficient (Wildman–Crippen LogP) is 2.66. The first kappa shape index (κ1) is 29.1. The van der Waals surface area contributed by atoms with Gasteiger partial charge in [0.1, 0.15) is 11.3 Å². The minimum absolute atomic E-state index is 0.100. The smallest absolute Gasteiger partial charge is 0.410 e. The van der Waals surface area contributed by atoms with Crippen LogP contribution < -0.4 is 26.8 Å². The first-order valence-corrected chi connectivity index (χ1v) is 12.6. The molecule has 0 bridgehead atoms. The highest BCUT2D eigenvalue weighted by Gasteiger charge is 2.28. The zero-order valence-electron chi connectivity index (χ0n) is 21.5. The lowest BCUT2D eigenvalue weighted by atomic mass is 10.1. The van der Waals surface area contributed by atoms with Crippen LogP contribution in [-0.2, 0) is 9.53 Å². The van der Waals surface area contributed by atoms with Crippen molar-refractivity contribution in [3.05, 3.63) is 45.2 Å². The standard InChI is InChI=1S/C24H31Cl2N7O5/c1-13-18(25)19(26)20(29-13)22(36)30-15-6-5-14(21(35)28-12-17(34)31-27)11-16(15)32-7-9-33(10-8-32)23(37)38-24(2,3)4/h5-6,11,29H,7-10,12,27H2,1-4H3,(H,28,35)(H,30,36)(H,31,34). The summed E-state index contributed by atoms with van der Waals surface area (Å²) in [7, 11) is 0. The fraction of sp³-hybridized carbons (Fsp3) is 0.417. The van der Waals surface area contributed by atoms with Gasteiger partial charge in [0.25, 0.3) is 17.7 Å². The van der Waals surface area contributed by atoms with Gasteiger partial charge in [-0.05, 0) is 45.9 Å². The van der Waals surface area contributed by atoms with E-state index < -0.39 is 29.4 Å². The number of hydrogen-bond donors (Lipinski definition) is 5. The number of rotatable bonds is 6. The number of hydrogen-bond acceptors (Lipinski definition) is 7. The third kappa shape index (κ3) is 7.09. The zero-order valence-corrected chi connectivity index (χ0v) is 23.0. The molecule has 1 aromatic carbocycles. The van der Waals surface area contributed by atoms with Crippen LogP contribution in [0.15, 0.2) is 18.2 Å². The van der Waals surface area contributed by atoms with Crippen molar-refractivity contribution >= 4 is 58.4 Å². The van der Waals surface area contributed by atoms with E-state index in [1.54, 1.807) is 44.7 Å². The Bertz CT molecular complexity index is 1230. The van der Waals surface area contributed by atoms with E-state index in [0.29, 0.717) is 43.2 Å². The molecule has 0 radical (unpaired) electrons. The summed E-state index contributed by atoms with van der Waals surface area (Å²) < 4.78 is 5.46. The van der Waals surface area contributed by atoms with Gasteiger partial charge in [-0.25, -0.2) is 10.6 Å². The molecule has 1 aliphatic heterocycles. The molecule has 1 saturated heterocycles. The molecule has 1 aliphatic rings. The molecule has 3 rings (SSSR count). The predicted molar refractivity (Wildman–Crippen MR) is 145 cm³/mol. The van der Waals surface area contributed by atoms with E-state index in [-0.39, 0.29) is 27.8 Å². The van der Waals surface area contributed by atoms with E-state index in [4.69, 9.17) is 33.8 Å². The van der Waals surface area contributed by atoms with Gasteiger partial charge in [-0.3, -0.25) is 19.8 Å². The van der Waals surface area contributed by atoms with Crippen LogP contribution in [0, 0.1) is 6.92 Å². The van der Waals surface area contributed by atoms with Crippen molar-refractivity contribution in [2.75, 3.05) is 42.9 Å². The summed E-state index contributed by atoms with van der Waals surface area (Å²) in [6, 6.07) is 4.69. The van der Waals surface area contributed by atoms with Crippen molar-refractivity contribution in [2.45, 2.75) is 33.3 Å². The van der Waals surface area contributed by atoms with Gasteiger partial charge >= 0.3 is 6.09 Å². The normalized spacial score (nSPS) is 13.7. The summed E-state index contributed by atoms with van der Waals surface area (Å²) in [5, 5.41) is 5.66. The number of benzene rings is 1. The number of piperazine rings is 1. The Morgan fingerprint density at radius 2 is 1.71 bits per heavy atom. The number of carbonyl (C=O) groups is 4. The third-order valence-corrected chi connectivity index (χ3v) is 6.58. The maximum Gasteiger partial charge on any atom is 0.410 e. The molecule has 206 valence electrons. The van der Waals surface area contributed by atoms with E-state index in [1.807, 2.05) is 10.3 Å². The highest BCUT2D eigenvalue weighted by Crippen LogP contribution is 2.32. The second-order valence-electron chi connectivity index (χ2n) is 9.64. The number of anilines is 2. The Hall–Kier alpha value is -3.48. The number of nitrogens with one attached hydrogen (secondary N) is 4. The summed E-state index contributed by atoms with van der Waals surface area (Å²) in [5.41, 5.74) is 3.20. The van der Waals surface area contributed by atoms with Crippen molar-refractivity contribution < 1.29 is 23.9 Å². The molecule has 14 heteroatoms. The fourth-order valence-electron chi connectivity index (χ4n) is 3.72. The molecule has 1 fully saturated rings. The molecule has 0 saturated carbocycles. The number of aryl methyl sites for hydroxylation is 1. The lowest BCUT2D eigenvalue weighted by Crippen LogP contribution is -2.50. The van der Waals surface area contributed by atoms with E-state index in [1.165, 1.54) is 6.07 Å². The van der Waals surface area contributed by atoms with Gasteiger partial charge in [-0.1, -0.05) is 23.2 Å². The van der Waals surface area contributed by atoms with Crippen molar-refractivity contribution in [1.82, 2.24) is 20.6 Å². The molecule has 4 amide bonds. The molecule has 0 unspecified atom stereocenters. The van der Waals surface area contributed by atoms with Crippen LogP contribution in [0.25, 0.3) is 0 Å². The van der Waals surface area contributed by atoms with Crippen LogP contribution >= 0.6 is 23.2 Å². The maximum absolute atomic E-state index is 13.0. The minimum atomic E-state index is -0.617. The molecule has 38 heavy (non-hydrogen) atoms. The monoisotopic (exact) mass is 567 g/mol. The Morgan fingerprint density at radius 3 is 2.26 bits per heavy atom. The van der Waals surface area contributed by atoms with Gasteiger partial charge in [0.2, 0.25) is 0 Å². The molecule has 0 atom stereocenters. The summed E-state index contributed by atoms with van der Waals surface area (Å²) in [5.74, 6) is 3.48. The van der Waals surface area contributed by atoms with Crippen LogP contribution in [0.1, 0.15) is 47.3 Å². The largest absolute Gasteiger partial charge is 0.444 e. The summed E-state index contributed by atoms with van der Waals surface area (Å²) in [6.45, 7) is 8.36. The van der Waals surface area contributed by atoms with Crippen LogP contribution in [0.2, 0.25) is 10.0 Å². The molecule has 0 spiro atoms. The second-order valence-corrected chi connectivity index (χ2v) is 10.4. The van der Waals surface area contributed by atoms with Crippen LogP contribution in [0.3, 0.4) is 0 Å². The number of amides is 4. The number of nitrogens with zero attached hydrogens (tertiary/aromatic N) is 2. The van der Waals surface area contributed by atoms with Gasteiger partial charge in [0.05, 0.1) is 28.0 Å². The second kappa shape index (κ2) is 11.9. The molecular weight excluding hydrogens is 537 g/mol. The van der Waals surface area contributed by atoms with Crippen molar-refractivity contribution in [2.24, 2.45) is 5.84 Å². The molecule has 6 N–H and O–H groups in total. The Morgan fingerprint density at radius 1 is 1.05 bits per heavy atom. The van der Waals surface area contributed by atoms with Gasteiger partial charge < -0.3 is 30.2 Å². The Balaban J connectivity index is 1.85. The van der Waals surface area contributed by atoms with Gasteiger partial charge in [0.15, 0.2) is 0 Å². The number of halogens is 2. The van der Waals surface area contributed by atoms with Gasteiger partial charge in [-0.2, -0.15) is 0 Å². The number of nitrogens with two attached hydrogens (primary N) is 1. The number of ether oxygens (including phenoxy) is 1. The molecule has 12 nitrogen and oxygen atoms in total. The van der Waals surface area contributed by atoms with E-state index >= 15 is 0 Å². The van der Waals surface area contributed by atoms with Crippen molar-refractivity contribution in [3.63, 3.8) is 0 Å². The highest BCUT2D eigenvalue weighted by atomic mass is 35.5. The van der Waals surface area contributed by atoms with E-state index in [0.717, 1.165) is 0 Å². The first-order valence-electron chi connectivity index (χ1n) is 11.8. The quantitative estimate of drug-likeness (QED) is 0.203. The number of carbonyl (C=O) groups excluding carboxylic acids is 4.